The van der Waals surface area contributed by atoms with E-state index in [1.54, 1.807) is 24.3 Å². The second-order valence-corrected chi connectivity index (χ2v) is 11.0. The van der Waals surface area contributed by atoms with Crippen molar-refractivity contribution >= 4 is 64.0 Å². The van der Waals surface area contributed by atoms with Crippen LogP contribution in [0.1, 0.15) is 29.7 Å². The summed E-state index contributed by atoms with van der Waals surface area (Å²) in [6.07, 6.45) is 0.510. The van der Waals surface area contributed by atoms with Gasteiger partial charge in [0.25, 0.3) is 5.69 Å². The molecule has 3 aromatic rings. The fourth-order valence-corrected chi connectivity index (χ4v) is 6.44. The molecule has 5 rings (SSSR count). The lowest BCUT2D eigenvalue weighted by Crippen LogP contribution is -2.57. The number of carbonyl (C=O) groups excluding carboxylic acids is 2. The number of nitrogens with one attached hydrogen (secondary N) is 1. The number of fused-ring (bicyclic) bond motifs is 1. The number of nitro groups is 1. The van der Waals surface area contributed by atoms with Crippen molar-refractivity contribution in [1.29, 1.82) is 0 Å². The number of anilines is 1. The van der Waals surface area contributed by atoms with Crippen LogP contribution >= 0.6 is 34.8 Å². The molecule has 4 atom stereocenters. The lowest BCUT2D eigenvalue weighted by molar-refractivity contribution is -0.384. The number of carboxylic acids is 1. The molecule has 0 aromatic heterocycles. The van der Waals surface area contributed by atoms with Crippen LogP contribution in [0.2, 0.25) is 15.1 Å². The van der Waals surface area contributed by atoms with E-state index >= 15 is 0 Å². The van der Waals surface area contributed by atoms with E-state index in [1.165, 1.54) is 36.4 Å². The third-order valence-electron chi connectivity index (χ3n) is 7.62. The van der Waals surface area contributed by atoms with Gasteiger partial charge in [-0.15, -0.1) is 0 Å². The van der Waals surface area contributed by atoms with Gasteiger partial charge in [0.15, 0.2) is 0 Å². The van der Waals surface area contributed by atoms with Crippen molar-refractivity contribution in [1.82, 2.24) is 5.32 Å². The summed E-state index contributed by atoms with van der Waals surface area (Å²) >= 11 is 19.1. The topological polar surface area (TPSA) is 130 Å². The normalized spacial score (nSPS) is 23.9. The molecular formula is C28H22Cl3N3O6. The maximum absolute atomic E-state index is 14.0. The molecule has 0 bridgehead atoms. The fraction of sp³-hybridized carbons (Fsp3) is 0.250. The van der Waals surface area contributed by atoms with E-state index in [0.29, 0.717) is 11.3 Å². The van der Waals surface area contributed by atoms with Crippen LogP contribution in [-0.4, -0.2) is 33.4 Å². The zero-order valence-electron chi connectivity index (χ0n) is 20.9. The predicted molar refractivity (Wildman–Crippen MR) is 150 cm³/mol. The number of carboxylic acid groups (broad SMARTS) is 1. The molecule has 40 heavy (non-hydrogen) atoms. The molecular weight excluding hydrogens is 581 g/mol. The number of non-ortho nitro benzene ring substituents is 1. The van der Waals surface area contributed by atoms with Crippen molar-refractivity contribution in [2.45, 2.75) is 31.3 Å². The molecule has 2 aliphatic heterocycles. The van der Waals surface area contributed by atoms with Crippen LogP contribution in [-0.2, 0) is 27.2 Å². The van der Waals surface area contributed by atoms with Gasteiger partial charge in [-0.3, -0.25) is 29.8 Å². The van der Waals surface area contributed by atoms with E-state index in [9.17, 15) is 29.6 Å². The predicted octanol–water partition coefficient (Wildman–Crippen LogP) is 5.63. The van der Waals surface area contributed by atoms with Gasteiger partial charge in [-0.1, -0.05) is 66.0 Å². The molecule has 2 amide bonds. The van der Waals surface area contributed by atoms with E-state index in [-0.39, 0.29) is 32.7 Å². The minimum atomic E-state index is -1.96. The quantitative estimate of drug-likeness (QED) is 0.155. The number of aliphatic carboxylic acids is 1. The first-order chi connectivity index (χ1) is 19.0. The van der Waals surface area contributed by atoms with Gasteiger partial charge in [0.1, 0.15) is 5.54 Å². The van der Waals surface area contributed by atoms with Crippen molar-refractivity contribution in [3.05, 3.63) is 103 Å². The Hall–Kier alpha value is -3.50. The highest BCUT2D eigenvalue weighted by Crippen LogP contribution is 2.52. The first kappa shape index (κ1) is 28.0. The van der Waals surface area contributed by atoms with E-state index in [0.717, 1.165) is 16.9 Å². The molecule has 0 spiro atoms. The average molecular weight is 603 g/mol. The maximum Gasteiger partial charge on any atom is 0.325 e. The summed E-state index contributed by atoms with van der Waals surface area (Å²) in [5.74, 6) is -5.12. The second-order valence-electron chi connectivity index (χ2n) is 9.83. The average Bonchev–Trinajstić information content (AvgIpc) is 3.40. The molecule has 0 saturated carbocycles. The van der Waals surface area contributed by atoms with Crippen LogP contribution in [0, 0.1) is 22.0 Å². The number of imide groups is 1. The van der Waals surface area contributed by atoms with Crippen molar-refractivity contribution in [2.75, 3.05) is 4.90 Å². The zero-order valence-corrected chi connectivity index (χ0v) is 23.2. The second kappa shape index (κ2) is 10.5. The molecule has 0 radical (unpaired) electrons. The van der Waals surface area contributed by atoms with Gasteiger partial charge in [0, 0.05) is 29.6 Å². The van der Waals surface area contributed by atoms with Gasteiger partial charge in [-0.05, 0) is 47.4 Å². The SMILES string of the molecule is CCc1ccc(N2C(=O)C3C(c4cc(Cl)cc(Cl)c4Cl)NC(Cc4ccc([N+](=O)[O-])cc4)(C(=O)O)C3C2=O)cc1. The number of benzene rings is 3. The minimum absolute atomic E-state index is 0.0739. The van der Waals surface area contributed by atoms with Crippen molar-refractivity contribution < 1.29 is 24.4 Å². The van der Waals surface area contributed by atoms with Gasteiger partial charge in [-0.25, -0.2) is 4.90 Å². The summed E-state index contributed by atoms with van der Waals surface area (Å²) in [4.78, 5) is 52.7. The maximum atomic E-state index is 14.0. The Balaban J connectivity index is 1.66. The highest BCUT2D eigenvalue weighted by atomic mass is 35.5. The number of nitrogens with zero attached hydrogens (tertiary/aromatic N) is 2. The number of carbonyl (C=O) groups is 3. The van der Waals surface area contributed by atoms with Crippen LogP contribution in [0.5, 0.6) is 0 Å². The van der Waals surface area contributed by atoms with Crippen LogP contribution in [0.4, 0.5) is 11.4 Å². The Labute approximate surface area is 243 Å². The van der Waals surface area contributed by atoms with Crippen molar-refractivity contribution in [2.24, 2.45) is 11.8 Å². The van der Waals surface area contributed by atoms with Gasteiger partial charge in [0.05, 0.1) is 32.5 Å². The molecule has 2 N–H and O–H groups in total. The van der Waals surface area contributed by atoms with E-state index in [2.05, 4.69) is 5.32 Å². The number of amides is 2. The number of nitro benzene ring substituents is 1. The highest BCUT2D eigenvalue weighted by Gasteiger charge is 2.68. The molecule has 3 aromatic carbocycles. The minimum Gasteiger partial charge on any atom is -0.480 e. The Kier molecular flexibility index (Phi) is 7.35. The van der Waals surface area contributed by atoms with Gasteiger partial charge < -0.3 is 5.11 Å². The number of hydrogen-bond acceptors (Lipinski definition) is 6. The van der Waals surface area contributed by atoms with E-state index < -0.39 is 46.1 Å². The van der Waals surface area contributed by atoms with Crippen molar-refractivity contribution in [3.63, 3.8) is 0 Å². The summed E-state index contributed by atoms with van der Waals surface area (Å²) in [5.41, 5.74) is -0.107. The number of rotatable bonds is 7. The Morgan fingerprint density at radius 1 is 1.02 bits per heavy atom. The first-order valence-corrected chi connectivity index (χ1v) is 13.5. The molecule has 12 heteroatoms. The molecule has 2 fully saturated rings. The summed E-state index contributed by atoms with van der Waals surface area (Å²) in [6.45, 7) is 1.97. The number of hydrogen-bond donors (Lipinski definition) is 2. The van der Waals surface area contributed by atoms with E-state index in [1.807, 2.05) is 6.92 Å². The Bertz CT molecular complexity index is 1550. The molecule has 2 aliphatic rings. The fourth-order valence-electron chi connectivity index (χ4n) is 5.70. The Morgan fingerprint density at radius 3 is 2.23 bits per heavy atom. The number of halogens is 3. The molecule has 4 unspecified atom stereocenters. The molecule has 206 valence electrons. The summed E-state index contributed by atoms with van der Waals surface area (Å²) < 4.78 is 0. The molecule has 2 heterocycles. The van der Waals surface area contributed by atoms with Gasteiger partial charge in [-0.2, -0.15) is 0 Å². The van der Waals surface area contributed by atoms with Crippen LogP contribution in [0.15, 0.2) is 60.7 Å². The van der Waals surface area contributed by atoms with Crippen LogP contribution in [0.25, 0.3) is 0 Å². The lowest BCUT2D eigenvalue weighted by atomic mass is 9.76. The van der Waals surface area contributed by atoms with Crippen LogP contribution < -0.4 is 10.2 Å². The van der Waals surface area contributed by atoms with Crippen LogP contribution in [0.3, 0.4) is 0 Å². The third kappa shape index (κ3) is 4.53. The summed E-state index contributed by atoms with van der Waals surface area (Å²) in [6, 6.07) is 14.2. The highest BCUT2D eigenvalue weighted by molar-refractivity contribution is 6.43. The first-order valence-electron chi connectivity index (χ1n) is 12.3. The Morgan fingerprint density at radius 2 is 1.65 bits per heavy atom. The monoisotopic (exact) mass is 601 g/mol. The number of aryl methyl sites for hydroxylation is 1. The smallest absolute Gasteiger partial charge is 0.325 e. The third-order valence-corrected chi connectivity index (χ3v) is 8.66. The molecule has 0 aliphatic carbocycles. The molecule has 2 saturated heterocycles. The van der Waals surface area contributed by atoms with Crippen molar-refractivity contribution in [3.8, 4) is 0 Å². The van der Waals surface area contributed by atoms with Gasteiger partial charge in [0.2, 0.25) is 11.8 Å². The lowest BCUT2D eigenvalue weighted by Gasteiger charge is -2.31. The largest absolute Gasteiger partial charge is 0.480 e. The molecule has 9 nitrogen and oxygen atoms in total. The summed E-state index contributed by atoms with van der Waals surface area (Å²) in [7, 11) is 0. The van der Waals surface area contributed by atoms with E-state index in [4.69, 9.17) is 34.8 Å². The summed E-state index contributed by atoms with van der Waals surface area (Å²) in [5, 5.41) is 25.2. The van der Waals surface area contributed by atoms with Gasteiger partial charge >= 0.3 is 5.97 Å². The standard InChI is InChI=1S/C28H22Cl3N3O6/c1-2-14-3-7-17(8-4-14)33-25(35)21-22(26(33)36)28(27(37)38,13-15-5-9-18(10-6-15)34(39)40)32-24(21)19-11-16(29)12-20(30)23(19)31/h3-12,21-22,24,32H,2,13H2,1H3,(H,37,38). The zero-order chi connectivity index (χ0) is 28.9.